The third kappa shape index (κ3) is 3.71. The molecule has 2 unspecified atom stereocenters. The summed E-state index contributed by atoms with van der Waals surface area (Å²) in [7, 11) is 1.27. The Labute approximate surface area is 111 Å². The Morgan fingerprint density at radius 2 is 2.26 bits per heavy atom. The number of amides is 1. The molecule has 2 rings (SSSR count). The number of ether oxygens (including phenoxy) is 1. The molecule has 1 aliphatic rings. The second-order valence-corrected chi connectivity index (χ2v) is 4.69. The van der Waals surface area contributed by atoms with Crippen molar-refractivity contribution in [2.75, 3.05) is 13.7 Å². The van der Waals surface area contributed by atoms with Crippen molar-refractivity contribution in [3.05, 3.63) is 29.7 Å². The van der Waals surface area contributed by atoms with Gasteiger partial charge in [-0.05, 0) is 30.5 Å². The number of carbonyl (C=O) groups excluding carboxylic acids is 2. The highest BCUT2D eigenvalue weighted by Crippen LogP contribution is 2.47. The predicted octanol–water partition coefficient (Wildman–Crippen LogP) is 1.71. The van der Waals surface area contributed by atoms with Crippen molar-refractivity contribution in [1.29, 1.82) is 0 Å². The van der Waals surface area contributed by atoms with E-state index < -0.39 is 5.97 Å². The number of esters is 1. The smallest absolute Gasteiger partial charge is 0.325 e. The molecule has 1 aromatic rings. The molecule has 1 aliphatic carbocycles. The van der Waals surface area contributed by atoms with Crippen molar-refractivity contribution < 1.29 is 18.7 Å². The molecular formula is C14H17NO4. The molecule has 1 N–H and O–H groups in total. The first-order valence-electron chi connectivity index (χ1n) is 6.22. The lowest BCUT2D eigenvalue weighted by atomic mass is 10.3. The van der Waals surface area contributed by atoms with Crippen LogP contribution in [0, 0.1) is 5.92 Å². The van der Waals surface area contributed by atoms with E-state index in [0.717, 1.165) is 12.2 Å². The molecule has 0 bridgehead atoms. The number of hydrogen-bond donors (Lipinski definition) is 1. The van der Waals surface area contributed by atoms with E-state index in [1.165, 1.54) is 13.2 Å². The van der Waals surface area contributed by atoms with Crippen molar-refractivity contribution in [3.63, 3.8) is 0 Å². The molecule has 1 fully saturated rings. The molecule has 0 aliphatic heterocycles. The van der Waals surface area contributed by atoms with Crippen LogP contribution in [-0.2, 0) is 14.3 Å². The molecule has 2 atom stereocenters. The van der Waals surface area contributed by atoms with Gasteiger partial charge in [-0.25, -0.2) is 0 Å². The molecule has 1 aromatic heterocycles. The van der Waals surface area contributed by atoms with Gasteiger partial charge in [0.15, 0.2) is 0 Å². The minimum absolute atomic E-state index is 0.136. The molecule has 0 spiro atoms. The zero-order valence-corrected chi connectivity index (χ0v) is 11.0. The molecule has 0 saturated heterocycles. The zero-order chi connectivity index (χ0) is 13.8. The van der Waals surface area contributed by atoms with Gasteiger partial charge >= 0.3 is 5.97 Å². The Kier molecular flexibility index (Phi) is 4.04. The SMILES string of the molecule is COC(=O)CNC(=O)C=Cc1ccc(C2CC2C)o1. The highest BCUT2D eigenvalue weighted by molar-refractivity contribution is 5.93. The van der Waals surface area contributed by atoms with Crippen LogP contribution in [0.1, 0.15) is 30.8 Å². The first-order chi connectivity index (χ1) is 9.10. The fourth-order valence-electron chi connectivity index (χ4n) is 1.82. The summed E-state index contributed by atoms with van der Waals surface area (Å²) in [5.41, 5.74) is 0. The quantitative estimate of drug-likeness (QED) is 0.648. The summed E-state index contributed by atoms with van der Waals surface area (Å²) < 4.78 is 10.0. The van der Waals surface area contributed by atoms with Gasteiger partial charge in [-0.15, -0.1) is 0 Å². The summed E-state index contributed by atoms with van der Waals surface area (Å²) in [4.78, 5) is 22.2. The van der Waals surface area contributed by atoms with E-state index in [-0.39, 0.29) is 12.5 Å². The van der Waals surface area contributed by atoms with E-state index in [1.807, 2.05) is 12.1 Å². The topological polar surface area (TPSA) is 68.5 Å². The van der Waals surface area contributed by atoms with Crippen LogP contribution in [0.3, 0.4) is 0 Å². The van der Waals surface area contributed by atoms with Crippen LogP contribution in [0.4, 0.5) is 0 Å². The maximum Gasteiger partial charge on any atom is 0.325 e. The predicted molar refractivity (Wildman–Crippen MR) is 69.3 cm³/mol. The molecule has 0 radical (unpaired) electrons. The minimum atomic E-state index is -0.482. The van der Waals surface area contributed by atoms with Crippen LogP contribution in [-0.4, -0.2) is 25.5 Å². The van der Waals surface area contributed by atoms with Crippen LogP contribution in [0.2, 0.25) is 0 Å². The molecule has 19 heavy (non-hydrogen) atoms. The van der Waals surface area contributed by atoms with E-state index in [0.29, 0.717) is 17.6 Å². The van der Waals surface area contributed by atoms with Gasteiger partial charge in [-0.3, -0.25) is 9.59 Å². The van der Waals surface area contributed by atoms with Gasteiger partial charge < -0.3 is 14.5 Å². The van der Waals surface area contributed by atoms with Crippen molar-refractivity contribution in [1.82, 2.24) is 5.32 Å². The van der Waals surface area contributed by atoms with Crippen LogP contribution in [0.5, 0.6) is 0 Å². The third-order valence-electron chi connectivity index (χ3n) is 3.16. The van der Waals surface area contributed by atoms with E-state index in [2.05, 4.69) is 17.0 Å². The van der Waals surface area contributed by atoms with Crippen LogP contribution >= 0.6 is 0 Å². The van der Waals surface area contributed by atoms with Crippen LogP contribution in [0.15, 0.2) is 22.6 Å². The van der Waals surface area contributed by atoms with Crippen molar-refractivity contribution in [3.8, 4) is 0 Å². The number of nitrogens with one attached hydrogen (secondary N) is 1. The first-order valence-corrected chi connectivity index (χ1v) is 6.22. The summed E-state index contributed by atoms with van der Waals surface area (Å²) in [6.45, 7) is 2.05. The Hall–Kier alpha value is -2.04. The number of methoxy groups -OCH3 is 1. The van der Waals surface area contributed by atoms with E-state index in [4.69, 9.17) is 4.42 Å². The number of carbonyl (C=O) groups is 2. The molecule has 1 amide bonds. The van der Waals surface area contributed by atoms with Gasteiger partial charge in [0.2, 0.25) is 5.91 Å². The molecule has 1 saturated carbocycles. The summed E-state index contributed by atoms with van der Waals surface area (Å²) in [6, 6.07) is 3.78. The van der Waals surface area contributed by atoms with E-state index in [9.17, 15) is 9.59 Å². The maximum absolute atomic E-state index is 11.4. The molecule has 1 heterocycles. The van der Waals surface area contributed by atoms with E-state index >= 15 is 0 Å². The van der Waals surface area contributed by atoms with Gasteiger partial charge in [-0.1, -0.05) is 6.92 Å². The van der Waals surface area contributed by atoms with Crippen molar-refractivity contribution >= 4 is 18.0 Å². The molecule has 102 valence electrons. The lowest BCUT2D eigenvalue weighted by molar-refractivity contribution is -0.140. The van der Waals surface area contributed by atoms with Crippen LogP contribution < -0.4 is 5.32 Å². The Balaban J connectivity index is 1.82. The summed E-state index contributed by atoms with van der Waals surface area (Å²) in [5.74, 6) is 1.99. The average Bonchev–Trinajstić information content (AvgIpc) is 2.95. The lowest BCUT2D eigenvalue weighted by Crippen LogP contribution is -2.28. The monoisotopic (exact) mass is 263 g/mol. The normalized spacial score (nSPS) is 21.4. The summed E-state index contributed by atoms with van der Waals surface area (Å²) >= 11 is 0. The zero-order valence-electron chi connectivity index (χ0n) is 11.0. The van der Waals surface area contributed by atoms with Gasteiger partial charge in [0.1, 0.15) is 18.1 Å². The Morgan fingerprint density at radius 3 is 2.89 bits per heavy atom. The van der Waals surface area contributed by atoms with Gasteiger partial charge in [0, 0.05) is 12.0 Å². The lowest BCUT2D eigenvalue weighted by Gasteiger charge is -1.99. The number of furan rings is 1. The van der Waals surface area contributed by atoms with Crippen molar-refractivity contribution in [2.24, 2.45) is 5.92 Å². The van der Waals surface area contributed by atoms with Gasteiger partial charge in [0.05, 0.1) is 7.11 Å². The number of rotatable bonds is 5. The average molecular weight is 263 g/mol. The standard InChI is InChI=1S/C14H17NO4/c1-9-7-11(9)12-5-3-10(19-12)4-6-13(16)15-8-14(17)18-2/h3-6,9,11H,7-8H2,1-2H3,(H,15,16). The third-order valence-corrected chi connectivity index (χ3v) is 3.16. The second-order valence-electron chi connectivity index (χ2n) is 4.69. The first kappa shape index (κ1) is 13.4. The van der Waals surface area contributed by atoms with Crippen LogP contribution in [0.25, 0.3) is 6.08 Å². The van der Waals surface area contributed by atoms with Gasteiger partial charge in [-0.2, -0.15) is 0 Å². The highest BCUT2D eigenvalue weighted by atomic mass is 16.5. The molecular weight excluding hydrogens is 246 g/mol. The Morgan fingerprint density at radius 1 is 1.53 bits per heavy atom. The van der Waals surface area contributed by atoms with Gasteiger partial charge in [0.25, 0.3) is 0 Å². The van der Waals surface area contributed by atoms with E-state index in [1.54, 1.807) is 6.08 Å². The highest BCUT2D eigenvalue weighted by Gasteiger charge is 2.36. The molecule has 0 aromatic carbocycles. The fourth-order valence-corrected chi connectivity index (χ4v) is 1.82. The fraction of sp³-hybridized carbons (Fsp3) is 0.429. The molecule has 5 heteroatoms. The van der Waals surface area contributed by atoms with Crippen molar-refractivity contribution in [2.45, 2.75) is 19.3 Å². The summed E-state index contributed by atoms with van der Waals surface area (Å²) in [5, 5.41) is 2.41. The second kappa shape index (κ2) is 5.73. The largest absolute Gasteiger partial charge is 0.468 e. The number of hydrogen-bond acceptors (Lipinski definition) is 4. The Bertz CT molecular complexity index is 503. The minimum Gasteiger partial charge on any atom is -0.468 e. The maximum atomic E-state index is 11.4. The molecule has 5 nitrogen and oxygen atoms in total. The summed E-state index contributed by atoms with van der Waals surface area (Å²) in [6.07, 6.45) is 4.08.